The molecule has 0 bridgehead atoms. The first-order chi connectivity index (χ1) is 7.95. The number of nitrogens with one attached hydrogen (secondary N) is 1. The van der Waals surface area contributed by atoms with Crippen molar-refractivity contribution >= 4 is 17.5 Å². The standard InChI is InChI=1S/C13H18ClNO2/c1-5-15-13(16)10(4)17-11-6-8(2)12(14)9(3)7-11/h6-7,10H,5H2,1-4H3,(H,15,16). The van der Waals surface area contributed by atoms with E-state index in [9.17, 15) is 4.79 Å². The summed E-state index contributed by atoms with van der Waals surface area (Å²) < 4.78 is 5.57. The summed E-state index contributed by atoms with van der Waals surface area (Å²) in [6.45, 7) is 8.04. The number of likely N-dealkylation sites (N-methyl/N-ethyl adjacent to an activating group) is 1. The van der Waals surface area contributed by atoms with Crippen LogP contribution in [0.3, 0.4) is 0 Å². The monoisotopic (exact) mass is 255 g/mol. The van der Waals surface area contributed by atoms with Gasteiger partial charge in [-0.15, -0.1) is 0 Å². The topological polar surface area (TPSA) is 38.3 Å². The SMILES string of the molecule is CCNC(=O)C(C)Oc1cc(C)c(Cl)c(C)c1. The van der Waals surface area contributed by atoms with Gasteiger partial charge >= 0.3 is 0 Å². The van der Waals surface area contributed by atoms with Gasteiger partial charge in [-0.2, -0.15) is 0 Å². The van der Waals surface area contributed by atoms with Crippen LogP contribution in [0.4, 0.5) is 0 Å². The number of hydrogen-bond donors (Lipinski definition) is 1. The van der Waals surface area contributed by atoms with Crippen molar-refractivity contribution in [3.05, 3.63) is 28.3 Å². The highest BCUT2D eigenvalue weighted by atomic mass is 35.5. The Hall–Kier alpha value is -1.22. The molecule has 4 heteroatoms. The van der Waals surface area contributed by atoms with Crippen molar-refractivity contribution in [3.63, 3.8) is 0 Å². The van der Waals surface area contributed by atoms with Crippen LogP contribution >= 0.6 is 11.6 Å². The van der Waals surface area contributed by atoms with Gasteiger partial charge in [0.2, 0.25) is 0 Å². The molecule has 0 aliphatic rings. The van der Waals surface area contributed by atoms with Gasteiger partial charge in [-0.1, -0.05) is 11.6 Å². The molecule has 0 saturated heterocycles. The Morgan fingerprint density at radius 2 is 1.94 bits per heavy atom. The van der Waals surface area contributed by atoms with Crippen molar-refractivity contribution in [1.29, 1.82) is 0 Å². The van der Waals surface area contributed by atoms with Crippen LogP contribution in [0.25, 0.3) is 0 Å². The molecule has 1 atom stereocenters. The average Bonchev–Trinajstić information content (AvgIpc) is 2.26. The van der Waals surface area contributed by atoms with Crippen molar-refractivity contribution in [2.24, 2.45) is 0 Å². The van der Waals surface area contributed by atoms with E-state index >= 15 is 0 Å². The second-order valence-corrected chi connectivity index (χ2v) is 4.40. The Kier molecular flexibility index (Phi) is 4.82. The Morgan fingerprint density at radius 3 is 2.41 bits per heavy atom. The summed E-state index contributed by atoms with van der Waals surface area (Å²) in [7, 11) is 0. The Bertz CT molecular complexity index is 395. The van der Waals surface area contributed by atoms with Crippen molar-refractivity contribution < 1.29 is 9.53 Å². The molecule has 0 heterocycles. The summed E-state index contributed by atoms with van der Waals surface area (Å²) >= 11 is 6.06. The van der Waals surface area contributed by atoms with Gasteiger partial charge in [-0.25, -0.2) is 0 Å². The second-order valence-electron chi connectivity index (χ2n) is 4.03. The third-order valence-corrected chi connectivity index (χ3v) is 3.04. The fraction of sp³-hybridized carbons (Fsp3) is 0.462. The highest BCUT2D eigenvalue weighted by Gasteiger charge is 2.14. The van der Waals surface area contributed by atoms with E-state index in [2.05, 4.69) is 5.32 Å². The van der Waals surface area contributed by atoms with E-state index in [1.54, 1.807) is 6.92 Å². The van der Waals surface area contributed by atoms with E-state index in [4.69, 9.17) is 16.3 Å². The van der Waals surface area contributed by atoms with E-state index in [-0.39, 0.29) is 5.91 Å². The molecule has 1 amide bonds. The average molecular weight is 256 g/mol. The number of aryl methyl sites for hydroxylation is 2. The number of carbonyl (C=O) groups excluding carboxylic acids is 1. The highest BCUT2D eigenvalue weighted by molar-refractivity contribution is 6.32. The van der Waals surface area contributed by atoms with E-state index in [1.165, 1.54) is 0 Å². The van der Waals surface area contributed by atoms with E-state index in [1.807, 2.05) is 32.9 Å². The van der Waals surface area contributed by atoms with Crippen LogP contribution < -0.4 is 10.1 Å². The molecule has 94 valence electrons. The first-order valence-corrected chi connectivity index (χ1v) is 6.04. The second kappa shape index (κ2) is 5.92. The van der Waals surface area contributed by atoms with Crippen LogP contribution in [0.15, 0.2) is 12.1 Å². The van der Waals surface area contributed by atoms with Crippen LogP contribution in [0, 0.1) is 13.8 Å². The molecule has 0 fully saturated rings. The fourth-order valence-electron chi connectivity index (χ4n) is 1.55. The summed E-state index contributed by atoms with van der Waals surface area (Å²) in [5.41, 5.74) is 1.90. The summed E-state index contributed by atoms with van der Waals surface area (Å²) in [6, 6.07) is 3.68. The van der Waals surface area contributed by atoms with Crippen molar-refractivity contribution in [3.8, 4) is 5.75 Å². The zero-order chi connectivity index (χ0) is 13.0. The third-order valence-electron chi connectivity index (χ3n) is 2.44. The lowest BCUT2D eigenvalue weighted by molar-refractivity contribution is -0.127. The largest absolute Gasteiger partial charge is 0.481 e. The highest BCUT2D eigenvalue weighted by Crippen LogP contribution is 2.26. The zero-order valence-electron chi connectivity index (χ0n) is 10.6. The molecule has 17 heavy (non-hydrogen) atoms. The molecule has 0 spiro atoms. The Labute approximate surface area is 107 Å². The molecule has 0 aromatic heterocycles. The minimum absolute atomic E-state index is 0.113. The van der Waals surface area contributed by atoms with Crippen LogP contribution in [0.2, 0.25) is 5.02 Å². The van der Waals surface area contributed by atoms with Crippen molar-refractivity contribution in [1.82, 2.24) is 5.32 Å². The number of amides is 1. The predicted molar refractivity (Wildman–Crippen MR) is 69.7 cm³/mol. The van der Waals surface area contributed by atoms with Crippen LogP contribution in [-0.2, 0) is 4.79 Å². The van der Waals surface area contributed by atoms with Crippen molar-refractivity contribution in [2.75, 3.05) is 6.54 Å². The maximum absolute atomic E-state index is 11.5. The normalized spacial score (nSPS) is 12.1. The van der Waals surface area contributed by atoms with Gasteiger partial charge in [0.1, 0.15) is 5.75 Å². The summed E-state index contributed by atoms with van der Waals surface area (Å²) in [5.74, 6) is 0.556. The van der Waals surface area contributed by atoms with Gasteiger partial charge in [-0.3, -0.25) is 4.79 Å². The molecule has 1 N–H and O–H groups in total. The molecule has 0 aliphatic heterocycles. The summed E-state index contributed by atoms with van der Waals surface area (Å²) in [5, 5.41) is 3.46. The Balaban J connectivity index is 2.78. The number of hydrogen-bond acceptors (Lipinski definition) is 2. The molecule has 1 unspecified atom stereocenters. The third kappa shape index (κ3) is 3.63. The molecule has 3 nitrogen and oxygen atoms in total. The number of benzene rings is 1. The van der Waals surface area contributed by atoms with E-state index < -0.39 is 6.10 Å². The smallest absolute Gasteiger partial charge is 0.260 e. The number of halogens is 1. The van der Waals surface area contributed by atoms with Gasteiger partial charge in [0.25, 0.3) is 5.91 Å². The molecule has 0 radical (unpaired) electrons. The lowest BCUT2D eigenvalue weighted by atomic mass is 10.1. The van der Waals surface area contributed by atoms with Gasteiger partial charge in [0.05, 0.1) is 0 Å². The molecule has 0 aliphatic carbocycles. The molecule has 1 aromatic rings. The predicted octanol–water partition coefficient (Wildman–Crippen LogP) is 2.86. The molecular formula is C13H18ClNO2. The quantitative estimate of drug-likeness (QED) is 0.899. The molecule has 1 rings (SSSR count). The summed E-state index contributed by atoms with van der Waals surface area (Å²) in [4.78, 5) is 11.5. The number of carbonyl (C=O) groups is 1. The molecule has 0 saturated carbocycles. The van der Waals surface area contributed by atoms with E-state index in [0.717, 1.165) is 16.1 Å². The zero-order valence-corrected chi connectivity index (χ0v) is 11.4. The number of ether oxygens (including phenoxy) is 1. The minimum atomic E-state index is -0.505. The first kappa shape index (κ1) is 13.8. The van der Waals surface area contributed by atoms with Gasteiger partial charge in [0.15, 0.2) is 6.10 Å². The van der Waals surface area contributed by atoms with E-state index in [0.29, 0.717) is 12.3 Å². The van der Waals surface area contributed by atoms with Gasteiger partial charge in [0, 0.05) is 11.6 Å². The first-order valence-electron chi connectivity index (χ1n) is 5.66. The molecular weight excluding hydrogens is 238 g/mol. The summed E-state index contributed by atoms with van der Waals surface area (Å²) in [6.07, 6.45) is -0.505. The maximum Gasteiger partial charge on any atom is 0.260 e. The van der Waals surface area contributed by atoms with Crippen LogP contribution in [-0.4, -0.2) is 18.6 Å². The van der Waals surface area contributed by atoms with Gasteiger partial charge < -0.3 is 10.1 Å². The van der Waals surface area contributed by atoms with Crippen molar-refractivity contribution in [2.45, 2.75) is 33.8 Å². The van der Waals surface area contributed by atoms with Crippen LogP contribution in [0.5, 0.6) is 5.75 Å². The fourth-order valence-corrected chi connectivity index (χ4v) is 1.66. The van der Waals surface area contributed by atoms with Gasteiger partial charge in [-0.05, 0) is 51.0 Å². The number of rotatable bonds is 4. The Morgan fingerprint density at radius 1 is 1.41 bits per heavy atom. The van der Waals surface area contributed by atoms with Crippen LogP contribution in [0.1, 0.15) is 25.0 Å². The maximum atomic E-state index is 11.5. The lowest BCUT2D eigenvalue weighted by Gasteiger charge is -2.15. The minimum Gasteiger partial charge on any atom is -0.481 e. The molecule has 1 aromatic carbocycles. The lowest BCUT2D eigenvalue weighted by Crippen LogP contribution is -2.36.